The minimum Gasteiger partial charge on any atom is -0.504 e. The van der Waals surface area contributed by atoms with Crippen LogP contribution < -0.4 is 5.73 Å². The van der Waals surface area contributed by atoms with Gasteiger partial charge in [-0.1, -0.05) is 6.07 Å². The molecule has 2 atom stereocenters. The molecule has 0 aliphatic heterocycles. The van der Waals surface area contributed by atoms with Crippen LogP contribution >= 0.6 is 0 Å². The summed E-state index contributed by atoms with van der Waals surface area (Å²) in [5, 5.41) is 18.4. The lowest BCUT2D eigenvalue weighted by atomic mass is 10.1. The summed E-state index contributed by atoms with van der Waals surface area (Å²) in [5.74, 6) is -1.85. The van der Waals surface area contributed by atoms with Crippen molar-refractivity contribution >= 4 is 5.97 Å². The first kappa shape index (κ1) is 8.55. The number of phenolic OH excluding ortho intramolecular Hbond substituents is 2. The molecule has 0 saturated carbocycles. The van der Waals surface area contributed by atoms with Crippen molar-refractivity contribution in [2.75, 3.05) is 7.11 Å². The predicted molar refractivity (Wildman–Crippen MR) is 53.5 cm³/mol. The van der Waals surface area contributed by atoms with Gasteiger partial charge in [0.25, 0.3) is 0 Å². The van der Waals surface area contributed by atoms with Crippen molar-refractivity contribution in [3.63, 3.8) is 0 Å². The molecule has 2 unspecified atom stereocenters. The summed E-state index contributed by atoms with van der Waals surface area (Å²) < 4.78 is 19.6. The number of methoxy groups -OCH3 is 1. The van der Waals surface area contributed by atoms with Gasteiger partial charge in [0, 0.05) is 1.37 Å². The maximum Gasteiger partial charge on any atom is 0.322 e. The molecular weight excluding hydrogens is 198 g/mol. The molecule has 0 aliphatic carbocycles. The third kappa shape index (κ3) is 2.85. The molecule has 0 spiro atoms. The molecule has 0 amide bonds. The summed E-state index contributed by atoms with van der Waals surface area (Å²) in [6, 6.07) is 1.25. The molecule has 0 heterocycles. The summed E-state index contributed by atoms with van der Waals surface area (Å²) >= 11 is 0. The average Bonchev–Trinajstić information content (AvgIpc) is 2.30. The largest absolute Gasteiger partial charge is 0.504 e. The number of benzene rings is 1. The minimum absolute atomic E-state index is 0.128. The zero-order valence-electron chi connectivity index (χ0n) is 10.1. The van der Waals surface area contributed by atoms with Crippen LogP contribution in [0.15, 0.2) is 18.2 Å². The van der Waals surface area contributed by atoms with E-state index in [9.17, 15) is 9.90 Å². The topological polar surface area (TPSA) is 92.8 Å². The molecule has 1 aromatic rings. The van der Waals surface area contributed by atoms with Crippen molar-refractivity contribution in [1.29, 1.82) is 0 Å². The Kier molecular flexibility index (Phi) is 2.65. The number of esters is 1. The van der Waals surface area contributed by atoms with E-state index in [1.165, 1.54) is 6.07 Å². The van der Waals surface area contributed by atoms with Crippen molar-refractivity contribution in [2.24, 2.45) is 5.73 Å². The second kappa shape index (κ2) is 4.65. The van der Waals surface area contributed by atoms with Crippen LogP contribution in [0.25, 0.3) is 0 Å². The van der Waals surface area contributed by atoms with Crippen LogP contribution in [-0.4, -0.2) is 29.3 Å². The second-order valence-corrected chi connectivity index (χ2v) is 2.84. The number of nitrogens with two attached hydrogens (primary N) is 1. The minimum atomic E-state index is -2.28. The Balaban J connectivity index is 3.07. The van der Waals surface area contributed by atoms with Crippen molar-refractivity contribution in [2.45, 2.75) is 12.4 Å². The standard InChI is InChI=1S/C10H13NO4/c1-15-10(14)7(11)4-6-2-3-8(12)9(13)5-6/h2-3,5,7,12-13H,4,11H2,1H3/i4D,7D. The van der Waals surface area contributed by atoms with Gasteiger partial charge in [-0.25, -0.2) is 0 Å². The second-order valence-electron chi connectivity index (χ2n) is 2.84. The van der Waals surface area contributed by atoms with Gasteiger partial charge in [0.15, 0.2) is 11.5 Å². The van der Waals surface area contributed by atoms with E-state index in [0.717, 1.165) is 19.2 Å². The third-order valence-electron chi connectivity index (χ3n) is 1.74. The highest BCUT2D eigenvalue weighted by Gasteiger charge is 2.14. The molecule has 4 N–H and O–H groups in total. The van der Waals surface area contributed by atoms with Gasteiger partial charge in [0.2, 0.25) is 0 Å². The number of phenols is 2. The molecule has 15 heavy (non-hydrogen) atoms. The first-order valence-corrected chi connectivity index (χ1v) is 4.12. The van der Waals surface area contributed by atoms with Crippen molar-refractivity contribution in [3.8, 4) is 11.5 Å². The van der Waals surface area contributed by atoms with Crippen LogP contribution in [-0.2, 0) is 15.9 Å². The molecule has 0 radical (unpaired) electrons. The van der Waals surface area contributed by atoms with Crippen molar-refractivity contribution in [1.82, 2.24) is 0 Å². The monoisotopic (exact) mass is 213 g/mol. The Morgan fingerprint density at radius 3 is 2.87 bits per heavy atom. The molecule has 82 valence electrons. The highest BCUT2D eigenvalue weighted by Crippen LogP contribution is 2.25. The molecule has 0 bridgehead atoms. The van der Waals surface area contributed by atoms with Crippen LogP contribution in [0.1, 0.15) is 8.30 Å². The number of rotatable bonds is 3. The first-order valence-electron chi connectivity index (χ1n) is 5.20. The van der Waals surface area contributed by atoms with Gasteiger partial charge in [-0.15, -0.1) is 0 Å². The lowest BCUT2D eigenvalue weighted by Crippen LogP contribution is -2.33. The molecule has 0 saturated heterocycles. The summed E-state index contributed by atoms with van der Waals surface area (Å²) in [7, 11) is 1.07. The molecular formula is C10H13NO4. The summed E-state index contributed by atoms with van der Waals surface area (Å²) in [6.07, 6.45) is -1.44. The van der Waals surface area contributed by atoms with Crippen LogP contribution in [0, 0.1) is 0 Å². The van der Waals surface area contributed by atoms with E-state index in [0.29, 0.717) is 0 Å². The average molecular weight is 213 g/mol. The van der Waals surface area contributed by atoms with Crippen LogP contribution in [0.4, 0.5) is 0 Å². The fraction of sp³-hybridized carbons (Fsp3) is 0.300. The number of ether oxygens (including phenoxy) is 1. The van der Waals surface area contributed by atoms with Crippen molar-refractivity contribution in [3.05, 3.63) is 23.8 Å². The maximum atomic E-state index is 11.2. The molecule has 5 heteroatoms. The zero-order valence-corrected chi connectivity index (χ0v) is 8.10. The number of carbonyl (C=O) groups is 1. The first-order chi connectivity index (χ1) is 7.80. The smallest absolute Gasteiger partial charge is 0.322 e. The van der Waals surface area contributed by atoms with E-state index < -0.39 is 24.1 Å². The third-order valence-corrected chi connectivity index (χ3v) is 1.74. The SMILES string of the molecule is [2H]C(c1ccc(O)c(O)c1)C([2H])(N)C(=O)OC. The predicted octanol–water partition coefficient (Wildman–Crippen LogP) is 0.141. The van der Waals surface area contributed by atoms with Crippen LogP contribution in [0.5, 0.6) is 11.5 Å². The molecule has 0 aromatic heterocycles. The Bertz CT molecular complexity index is 436. The molecule has 1 aromatic carbocycles. The van der Waals surface area contributed by atoms with Gasteiger partial charge >= 0.3 is 5.97 Å². The number of aromatic hydroxyl groups is 2. The normalized spacial score (nSPS) is 18.3. The van der Waals surface area contributed by atoms with Gasteiger partial charge in [0.05, 0.1) is 8.48 Å². The van der Waals surface area contributed by atoms with Gasteiger partial charge in [0.1, 0.15) is 6.02 Å². The Morgan fingerprint density at radius 1 is 1.67 bits per heavy atom. The highest BCUT2D eigenvalue weighted by molar-refractivity contribution is 5.75. The Labute approximate surface area is 89.9 Å². The molecule has 0 fully saturated rings. The summed E-state index contributed by atoms with van der Waals surface area (Å²) in [6.45, 7) is 0. The maximum absolute atomic E-state index is 11.2. The van der Waals surface area contributed by atoms with E-state index in [-0.39, 0.29) is 11.3 Å². The van der Waals surface area contributed by atoms with Gasteiger partial charge in [-0.05, 0) is 24.1 Å². The van der Waals surface area contributed by atoms with Gasteiger partial charge in [-0.3, -0.25) is 4.79 Å². The fourth-order valence-electron chi connectivity index (χ4n) is 0.987. The highest BCUT2D eigenvalue weighted by atomic mass is 16.5. The van der Waals surface area contributed by atoms with E-state index in [1.807, 2.05) is 0 Å². The summed E-state index contributed by atoms with van der Waals surface area (Å²) in [4.78, 5) is 11.2. The number of hydrogen-bond acceptors (Lipinski definition) is 5. The number of hydrogen-bond donors (Lipinski definition) is 3. The van der Waals surface area contributed by atoms with Gasteiger partial charge < -0.3 is 20.7 Å². The zero-order chi connectivity index (χ0) is 13.2. The fourth-order valence-corrected chi connectivity index (χ4v) is 0.987. The lowest BCUT2D eigenvalue weighted by molar-refractivity contribution is -0.142. The van der Waals surface area contributed by atoms with Crippen molar-refractivity contribution < 1.29 is 22.5 Å². The Hall–Kier alpha value is -1.75. The van der Waals surface area contributed by atoms with E-state index in [1.54, 1.807) is 0 Å². The Morgan fingerprint density at radius 2 is 2.33 bits per heavy atom. The van der Waals surface area contributed by atoms with E-state index in [4.69, 9.17) is 13.6 Å². The summed E-state index contributed by atoms with van der Waals surface area (Å²) in [5.41, 5.74) is 5.52. The molecule has 0 aliphatic rings. The van der Waals surface area contributed by atoms with Gasteiger partial charge in [-0.2, -0.15) is 0 Å². The molecule has 5 nitrogen and oxygen atoms in total. The van der Waals surface area contributed by atoms with E-state index >= 15 is 0 Å². The quantitative estimate of drug-likeness (QED) is 0.490. The number of carbonyl (C=O) groups excluding carboxylic acids is 1. The lowest BCUT2D eigenvalue weighted by Gasteiger charge is -2.09. The molecule has 1 rings (SSSR count). The van der Waals surface area contributed by atoms with Crippen LogP contribution in [0.2, 0.25) is 0 Å². The van der Waals surface area contributed by atoms with E-state index in [2.05, 4.69) is 4.74 Å². The van der Waals surface area contributed by atoms with Crippen LogP contribution in [0.3, 0.4) is 0 Å².